The minimum atomic E-state index is -0.651. The SMILES string of the molecule is C#CC(CC)(CC)NC(=O)c1nn(-c2ccc(F)cc2)c2c1CCC2. The highest BCUT2D eigenvalue weighted by Gasteiger charge is 2.31. The first-order valence-corrected chi connectivity index (χ1v) is 8.70. The number of fused-ring (bicyclic) bond motifs is 1. The quantitative estimate of drug-likeness (QED) is 0.849. The average Bonchev–Trinajstić information content (AvgIpc) is 3.23. The van der Waals surface area contributed by atoms with E-state index >= 15 is 0 Å². The minimum absolute atomic E-state index is 0.235. The van der Waals surface area contributed by atoms with Crippen LogP contribution in [0.25, 0.3) is 5.69 Å². The fourth-order valence-corrected chi connectivity index (χ4v) is 3.36. The third kappa shape index (κ3) is 3.05. The molecule has 1 aliphatic rings. The Labute approximate surface area is 147 Å². The van der Waals surface area contributed by atoms with Crippen LogP contribution >= 0.6 is 0 Å². The van der Waals surface area contributed by atoms with Gasteiger partial charge in [0.05, 0.1) is 5.69 Å². The van der Waals surface area contributed by atoms with Gasteiger partial charge in [-0.3, -0.25) is 4.79 Å². The number of nitrogens with zero attached hydrogens (tertiary/aromatic N) is 2. The molecule has 0 unspecified atom stereocenters. The van der Waals surface area contributed by atoms with Gasteiger partial charge in [-0.1, -0.05) is 19.8 Å². The molecule has 5 heteroatoms. The zero-order valence-electron chi connectivity index (χ0n) is 14.6. The molecular formula is C20H22FN3O. The van der Waals surface area contributed by atoms with Crippen molar-refractivity contribution in [1.29, 1.82) is 0 Å². The van der Waals surface area contributed by atoms with Gasteiger partial charge in [0.2, 0.25) is 0 Å². The molecule has 0 atom stereocenters. The number of carbonyl (C=O) groups excluding carboxylic acids is 1. The van der Waals surface area contributed by atoms with Crippen LogP contribution in [0.15, 0.2) is 24.3 Å². The summed E-state index contributed by atoms with van der Waals surface area (Å²) >= 11 is 0. The standard InChI is InChI=1S/C20H22FN3O/c1-4-20(5-2,6-3)22-19(25)18-16-8-7-9-17(16)24(23-18)15-12-10-14(21)11-13-15/h1,10-13H,5-9H2,2-3H3,(H,22,25). The van der Waals surface area contributed by atoms with Crippen molar-refractivity contribution in [3.8, 4) is 18.0 Å². The summed E-state index contributed by atoms with van der Waals surface area (Å²) in [6.07, 6.45) is 9.63. The van der Waals surface area contributed by atoms with E-state index in [4.69, 9.17) is 6.42 Å². The summed E-state index contributed by atoms with van der Waals surface area (Å²) in [5.41, 5.74) is 2.53. The molecule has 2 aromatic rings. The zero-order chi connectivity index (χ0) is 18.0. The lowest BCUT2D eigenvalue weighted by Crippen LogP contribution is -2.46. The van der Waals surface area contributed by atoms with Crippen molar-refractivity contribution in [1.82, 2.24) is 15.1 Å². The summed E-state index contributed by atoms with van der Waals surface area (Å²) in [7, 11) is 0. The van der Waals surface area contributed by atoms with Crippen LogP contribution in [0.3, 0.4) is 0 Å². The number of terminal acetylenes is 1. The van der Waals surface area contributed by atoms with Gasteiger partial charge in [0.25, 0.3) is 5.91 Å². The van der Waals surface area contributed by atoms with Gasteiger partial charge < -0.3 is 5.32 Å². The predicted molar refractivity (Wildman–Crippen MR) is 95.2 cm³/mol. The maximum Gasteiger partial charge on any atom is 0.273 e. The van der Waals surface area contributed by atoms with Crippen LogP contribution in [-0.4, -0.2) is 21.2 Å². The second-order valence-electron chi connectivity index (χ2n) is 6.40. The summed E-state index contributed by atoms with van der Waals surface area (Å²) < 4.78 is 15.0. The molecule has 0 spiro atoms. The molecule has 0 bridgehead atoms. The van der Waals surface area contributed by atoms with Gasteiger partial charge in [-0.2, -0.15) is 5.10 Å². The molecule has 1 heterocycles. The highest BCUT2D eigenvalue weighted by molar-refractivity contribution is 5.95. The highest BCUT2D eigenvalue weighted by Crippen LogP contribution is 2.28. The fourth-order valence-electron chi connectivity index (χ4n) is 3.36. The second kappa shape index (κ2) is 6.72. The van der Waals surface area contributed by atoms with Crippen molar-refractivity contribution in [2.24, 2.45) is 0 Å². The van der Waals surface area contributed by atoms with Gasteiger partial charge in [-0.05, 0) is 56.4 Å². The van der Waals surface area contributed by atoms with Gasteiger partial charge >= 0.3 is 0 Å². The van der Waals surface area contributed by atoms with E-state index in [1.165, 1.54) is 12.1 Å². The number of hydrogen-bond acceptors (Lipinski definition) is 2. The molecule has 4 nitrogen and oxygen atoms in total. The fraction of sp³-hybridized carbons (Fsp3) is 0.400. The van der Waals surface area contributed by atoms with Crippen LogP contribution in [0.5, 0.6) is 0 Å². The first-order chi connectivity index (χ1) is 12.0. The molecular weight excluding hydrogens is 317 g/mol. The molecule has 0 aliphatic heterocycles. The highest BCUT2D eigenvalue weighted by atomic mass is 19.1. The molecule has 1 aromatic heterocycles. The van der Waals surface area contributed by atoms with E-state index in [1.54, 1.807) is 16.8 Å². The number of aromatic nitrogens is 2. The average molecular weight is 339 g/mol. The maximum atomic E-state index is 13.2. The summed E-state index contributed by atoms with van der Waals surface area (Å²) in [6, 6.07) is 6.14. The van der Waals surface area contributed by atoms with Crippen LogP contribution in [-0.2, 0) is 12.8 Å². The lowest BCUT2D eigenvalue weighted by Gasteiger charge is -2.26. The van der Waals surface area contributed by atoms with Crippen LogP contribution in [0.1, 0.15) is 54.9 Å². The normalized spacial score (nSPS) is 13.4. The third-order valence-corrected chi connectivity index (χ3v) is 5.05. The Hall–Kier alpha value is -2.61. The molecule has 0 saturated carbocycles. The van der Waals surface area contributed by atoms with Gasteiger partial charge in [-0.25, -0.2) is 9.07 Å². The largest absolute Gasteiger partial charge is 0.334 e. The molecule has 0 radical (unpaired) electrons. The van der Waals surface area contributed by atoms with E-state index in [0.29, 0.717) is 18.5 Å². The minimum Gasteiger partial charge on any atom is -0.334 e. The van der Waals surface area contributed by atoms with Gasteiger partial charge in [0.15, 0.2) is 5.69 Å². The number of benzene rings is 1. The molecule has 130 valence electrons. The molecule has 25 heavy (non-hydrogen) atoms. The first-order valence-electron chi connectivity index (χ1n) is 8.70. The summed E-state index contributed by atoms with van der Waals surface area (Å²) in [4.78, 5) is 12.9. The maximum absolute atomic E-state index is 13.2. The van der Waals surface area contributed by atoms with E-state index in [-0.39, 0.29) is 11.7 Å². The Kier molecular flexibility index (Phi) is 4.63. The molecule has 1 aromatic carbocycles. The van der Waals surface area contributed by atoms with Crippen molar-refractivity contribution in [2.75, 3.05) is 0 Å². The van der Waals surface area contributed by atoms with Crippen molar-refractivity contribution < 1.29 is 9.18 Å². The summed E-state index contributed by atoms with van der Waals surface area (Å²) in [5.74, 6) is 2.19. The molecule has 0 saturated heterocycles. The smallest absolute Gasteiger partial charge is 0.273 e. The van der Waals surface area contributed by atoms with Crippen LogP contribution < -0.4 is 5.32 Å². The summed E-state index contributed by atoms with van der Waals surface area (Å²) in [6.45, 7) is 3.93. The van der Waals surface area contributed by atoms with E-state index in [0.717, 1.165) is 36.2 Å². The first kappa shape index (κ1) is 17.2. The Bertz CT molecular complexity index is 826. The van der Waals surface area contributed by atoms with Crippen molar-refractivity contribution in [2.45, 2.75) is 51.5 Å². The van der Waals surface area contributed by atoms with Gasteiger partial charge in [0, 0.05) is 11.3 Å². The van der Waals surface area contributed by atoms with Crippen molar-refractivity contribution in [3.63, 3.8) is 0 Å². The number of amides is 1. The van der Waals surface area contributed by atoms with E-state index in [2.05, 4.69) is 16.3 Å². The van der Waals surface area contributed by atoms with E-state index in [9.17, 15) is 9.18 Å². The Morgan fingerprint density at radius 3 is 2.60 bits per heavy atom. The molecule has 1 amide bonds. The lowest BCUT2D eigenvalue weighted by molar-refractivity contribution is 0.0910. The molecule has 1 aliphatic carbocycles. The Morgan fingerprint density at radius 2 is 2.00 bits per heavy atom. The molecule has 3 rings (SSSR count). The van der Waals surface area contributed by atoms with E-state index in [1.807, 2.05) is 13.8 Å². The molecule has 1 N–H and O–H groups in total. The van der Waals surface area contributed by atoms with Crippen LogP contribution in [0.4, 0.5) is 4.39 Å². The number of carbonyl (C=O) groups is 1. The Morgan fingerprint density at radius 1 is 1.32 bits per heavy atom. The Balaban J connectivity index is 1.98. The lowest BCUT2D eigenvalue weighted by atomic mass is 9.93. The van der Waals surface area contributed by atoms with E-state index < -0.39 is 5.54 Å². The predicted octanol–water partition coefficient (Wildman–Crippen LogP) is 3.42. The van der Waals surface area contributed by atoms with Crippen molar-refractivity contribution >= 4 is 5.91 Å². The monoisotopic (exact) mass is 339 g/mol. The van der Waals surface area contributed by atoms with Crippen LogP contribution in [0, 0.1) is 18.2 Å². The van der Waals surface area contributed by atoms with Crippen LogP contribution in [0.2, 0.25) is 0 Å². The number of hydrogen-bond donors (Lipinski definition) is 1. The topological polar surface area (TPSA) is 46.9 Å². The third-order valence-electron chi connectivity index (χ3n) is 5.05. The molecule has 0 fully saturated rings. The second-order valence-corrected chi connectivity index (χ2v) is 6.40. The number of nitrogens with one attached hydrogen (secondary N) is 1. The summed E-state index contributed by atoms with van der Waals surface area (Å²) in [5, 5.41) is 7.52. The van der Waals surface area contributed by atoms with Crippen molar-refractivity contribution in [3.05, 3.63) is 47.0 Å². The number of rotatable bonds is 5. The number of halogens is 1. The van der Waals surface area contributed by atoms with Gasteiger partial charge in [0.1, 0.15) is 11.4 Å². The zero-order valence-corrected chi connectivity index (χ0v) is 14.6. The van der Waals surface area contributed by atoms with Gasteiger partial charge in [-0.15, -0.1) is 6.42 Å².